The number of benzene rings is 1. The van der Waals surface area contributed by atoms with Crippen LogP contribution in [0.25, 0.3) is 22.4 Å². The lowest BCUT2D eigenvalue weighted by Crippen LogP contribution is -2.20. The minimum absolute atomic E-state index is 0.515. The van der Waals surface area contributed by atoms with E-state index < -0.39 is 0 Å². The Balaban J connectivity index is 1.35. The molecule has 1 aliphatic heterocycles. The van der Waals surface area contributed by atoms with E-state index in [1.165, 1.54) is 5.56 Å². The van der Waals surface area contributed by atoms with Crippen LogP contribution in [0.2, 0.25) is 0 Å². The summed E-state index contributed by atoms with van der Waals surface area (Å²) in [7, 11) is 0. The number of hydrogen-bond acceptors (Lipinski definition) is 5. The van der Waals surface area contributed by atoms with E-state index in [-0.39, 0.29) is 0 Å². The molecular weight excluding hydrogens is 336 g/mol. The third kappa shape index (κ3) is 3.34. The van der Waals surface area contributed by atoms with Gasteiger partial charge in [0.15, 0.2) is 5.76 Å². The van der Waals surface area contributed by atoms with Gasteiger partial charge in [0.25, 0.3) is 0 Å². The average molecular weight is 356 g/mol. The van der Waals surface area contributed by atoms with Crippen molar-refractivity contribution in [3.05, 3.63) is 78.5 Å². The average Bonchev–Trinajstić information content (AvgIpc) is 3.36. The Labute approximate surface area is 157 Å². The summed E-state index contributed by atoms with van der Waals surface area (Å²) in [4.78, 5) is 15.2. The molecule has 0 radical (unpaired) electrons. The highest BCUT2D eigenvalue weighted by Crippen LogP contribution is 2.32. The summed E-state index contributed by atoms with van der Waals surface area (Å²) in [5.41, 5.74) is 4.29. The second kappa shape index (κ2) is 6.93. The maximum atomic E-state index is 5.99. The maximum Gasteiger partial charge on any atom is 0.153 e. The first-order chi connectivity index (χ1) is 13.3. The third-order valence-corrected chi connectivity index (χ3v) is 5.23. The molecule has 1 aliphatic rings. The smallest absolute Gasteiger partial charge is 0.153 e. The van der Waals surface area contributed by atoms with Gasteiger partial charge in [0, 0.05) is 42.6 Å². The van der Waals surface area contributed by atoms with E-state index in [1.54, 1.807) is 6.33 Å². The van der Waals surface area contributed by atoms with E-state index in [4.69, 9.17) is 4.42 Å². The normalized spacial score (nSPS) is 17.6. The molecule has 1 saturated heterocycles. The number of fused-ring (bicyclic) bond motifs is 1. The predicted molar refractivity (Wildman–Crippen MR) is 104 cm³/mol. The standard InChI is InChI=1S/C22H20N4O/c1-2-4-21-18(3-1)10-22(27-21)20-9-17(5-7-25-20)19-6-8-26(14-19)13-16-11-23-15-24-12-16/h1-5,7,9-12,15,19H,6,8,13-14H2/t19-/m1/s1. The number of nitrogens with zero attached hydrogens (tertiary/aromatic N) is 4. The molecule has 0 spiro atoms. The van der Waals surface area contributed by atoms with Gasteiger partial charge in [-0.05, 0) is 48.7 Å². The second-order valence-electron chi connectivity index (χ2n) is 7.09. The van der Waals surface area contributed by atoms with Gasteiger partial charge in [-0.1, -0.05) is 18.2 Å². The van der Waals surface area contributed by atoms with Crippen molar-refractivity contribution in [3.63, 3.8) is 0 Å². The number of rotatable bonds is 4. The molecule has 0 bridgehead atoms. The zero-order valence-corrected chi connectivity index (χ0v) is 15.0. The van der Waals surface area contributed by atoms with Crippen LogP contribution >= 0.6 is 0 Å². The van der Waals surface area contributed by atoms with Gasteiger partial charge in [-0.2, -0.15) is 0 Å². The molecule has 5 rings (SSSR count). The highest BCUT2D eigenvalue weighted by Gasteiger charge is 2.24. The SMILES string of the molecule is c1ccc2oc(-c3cc([C@@H]4CCN(Cc5cncnc5)C4)ccn3)cc2c1. The van der Waals surface area contributed by atoms with Crippen molar-refractivity contribution in [1.82, 2.24) is 19.9 Å². The van der Waals surface area contributed by atoms with Gasteiger partial charge < -0.3 is 4.42 Å². The zero-order valence-electron chi connectivity index (χ0n) is 15.0. The van der Waals surface area contributed by atoms with Gasteiger partial charge in [-0.15, -0.1) is 0 Å². The Kier molecular flexibility index (Phi) is 4.14. The van der Waals surface area contributed by atoms with Crippen LogP contribution in [0.3, 0.4) is 0 Å². The van der Waals surface area contributed by atoms with Gasteiger partial charge in [-0.25, -0.2) is 9.97 Å². The first kappa shape index (κ1) is 16.1. The summed E-state index contributed by atoms with van der Waals surface area (Å²) in [6.45, 7) is 3.03. The fourth-order valence-electron chi connectivity index (χ4n) is 3.86. The molecule has 0 saturated carbocycles. The molecule has 4 heterocycles. The fraction of sp³-hybridized carbons (Fsp3) is 0.227. The molecule has 0 N–H and O–H groups in total. The van der Waals surface area contributed by atoms with Gasteiger partial charge in [0.05, 0.1) is 0 Å². The van der Waals surface area contributed by atoms with Crippen LogP contribution < -0.4 is 0 Å². The fourth-order valence-corrected chi connectivity index (χ4v) is 3.86. The Bertz CT molecular complexity index is 1030. The van der Waals surface area contributed by atoms with Crippen LogP contribution in [0, 0.1) is 0 Å². The van der Waals surface area contributed by atoms with E-state index in [2.05, 4.69) is 44.1 Å². The van der Waals surface area contributed by atoms with Crippen LogP contribution in [-0.2, 0) is 6.54 Å². The summed E-state index contributed by atoms with van der Waals surface area (Å²) in [6, 6.07) is 14.4. The lowest BCUT2D eigenvalue weighted by atomic mass is 9.98. The first-order valence-corrected chi connectivity index (χ1v) is 9.26. The van der Waals surface area contributed by atoms with E-state index in [0.717, 1.165) is 54.0 Å². The van der Waals surface area contributed by atoms with Crippen molar-refractivity contribution in [2.75, 3.05) is 13.1 Å². The lowest BCUT2D eigenvalue weighted by molar-refractivity contribution is 0.326. The van der Waals surface area contributed by atoms with E-state index in [9.17, 15) is 0 Å². The van der Waals surface area contributed by atoms with Gasteiger partial charge in [0.2, 0.25) is 0 Å². The molecule has 0 amide bonds. The maximum absolute atomic E-state index is 5.99. The second-order valence-corrected chi connectivity index (χ2v) is 7.09. The van der Waals surface area contributed by atoms with Gasteiger partial charge in [0.1, 0.15) is 17.6 Å². The highest BCUT2D eigenvalue weighted by atomic mass is 16.3. The number of aromatic nitrogens is 3. The van der Waals surface area contributed by atoms with Crippen LogP contribution in [-0.4, -0.2) is 32.9 Å². The quantitative estimate of drug-likeness (QED) is 0.546. The monoisotopic (exact) mass is 356 g/mol. The topological polar surface area (TPSA) is 55.1 Å². The van der Waals surface area contributed by atoms with E-state index >= 15 is 0 Å². The van der Waals surface area contributed by atoms with E-state index in [0.29, 0.717) is 5.92 Å². The number of furan rings is 1. The van der Waals surface area contributed by atoms with Crippen molar-refractivity contribution >= 4 is 11.0 Å². The lowest BCUT2D eigenvalue weighted by Gasteiger charge is -2.16. The molecule has 3 aromatic heterocycles. The van der Waals surface area contributed by atoms with Crippen LogP contribution in [0.5, 0.6) is 0 Å². The molecule has 5 nitrogen and oxygen atoms in total. The summed E-state index contributed by atoms with van der Waals surface area (Å²) in [5, 5.41) is 1.11. The molecular formula is C22H20N4O. The molecule has 4 aromatic rings. The molecule has 1 atom stereocenters. The molecule has 5 heteroatoms. The number of para-hydroxylation sites is 1. The Morgan fingerprint density at radius 2 is 1.96 bits per heavy atom. The highest BCUT2D eigenvalue weighted by molar-refractivity contribution is 5.82. The summed E-state index contributed by atoms with van der Waals surface area (Å²) < 4.78 is 5.99. The minimum atomic E-state index is 0.515. The van der Waals surface area contributed by atoms with Crippen molar-refractivity contribution in [3.8, 4) is 11.5 Å². The molecule has 1 fully saturated rings. The van der Waals surface area contributed by atoms with E-state index in [1.807, 2.05) is 36.8 Å². The number of likely N-dealkylation sites (tertiary alicyclic amines) is 1. The molecule has 1 aromatic carbocycles. The molecule has 0 unspecified atom stereocenters. The Morgan fingerprint density at radius 1 is 1.07 bits per heavy atom. The van der Waals surface area contributed by atoms with Gasteiger partial charge >= 0.3 is 0 Å². The summed E-state index contributed by atoms with van der Waals surface area (Å²) >= 11 is 0. The van der Waals surface area contributed by atoms with Gasteiger partial charge in [-0.3, -0.25) is 9.88 Å². The van der Waals surface area contributed by atoms with Crippen LogP contribution in [0.4, 0.5) is 0 Å². The van der Waals surface area contributed by atoms with Crippen molar-refractivity contribution in [2.24, 2.45) is 0 Å². The Morgan fingerprint density at radius 3 is 2.85 bits per heavy atom. The third-order valence-electron chi connectivity index (χ3n) is 5.23. The zero-order chi connectivity index (χ0) is 18.1. The van der Waals surface area contributed by atoms with Crippen molar-refractivity contribution in [2.45, 2.75) is 18.9 Å². The molecule has 27 heavy (non-hydrogen) atoms. The molecule has 0 aliphatic carbocycles. The van der Waals surface area contributed by atoms with Crippen LogP contribution in [0.1, 0.15) is 23.5 Å². The Hall–Kier alpha value is -3.05. The summed E-state index contributed by atoms with van der Waals surface area (Å²) in [5.74, 6) is 1.34. The van der Waals surface area contributed by atoms with Crippen molar-refractivity contribution in [1.29, 1.82) is 0 Å². The summed E-state index contributed by atoms with van der Waals surface area (Å²) in [6.07, 6.45) is 8.41. The first-order valence-electron chi connectivity index (χ1n) is 9.26. The van der Waals surface area contributed by atoms with Crippen molar-refractivity contribution < 1.29 is 4.42 Å². The van der Waals surface area contributed by atoms with Crippen LogP contribution in [0.15, 0.2) is 71.8 Å². The number of pyridine rings is 1. The minimum Gasteiger partial charge on any atom is -0.454 e. The molecule has 134 valence electrons. The largest absolute Gasteiger partial charge is 0.454 e. The predicted octanol–water partition coefficient (Wildman–Crippen LogP) is 4.27. The number of hydrogen-bond donors (Lipinski definition) is 0.